The molecule has 0 spiro atoms. The van der Waals surface area contributed by atoms with Gasteiger partial charge in [-0.3, -0.25) is 4.79 Å². The van der Waals surface area contributed by atoms with Crippen LogP contribution in [-0.4, -0.2) is 27.9 Å². The quantitative estimate of drug-likeness (QED) is 0.567. The maximum atomic E-state index is 12.5. The third kappa shape index (κ3) is 3.21. The number of hydrogen-bond acceptors (Lipinski definition) is 7. The van der Waals surface area contributed by atoms with Crippen molar-refractivity contribution in [3.8, 4) is 10.6 Å². The first-order chi connectivity index (χ1) is 12.2. The van der Waals surface area contributed by atoms with E-state index in [2.05, 4.69) is 25.6 Å². The van der Waals surface area contributed by atoms with Gasteiger partial charge in [0.15, 0.2) is 0 Å². The summed E-state index contributed by atoms with van der Waals surface area (Å²) in [5.74, 6) is 0.415. The van der Waals surface area contributed by atoms with Gasteiger partial charge in [-0.25, -0.2) is 15.0 Å². The minimum Gasteiger partial charge on any atom is -0.357 e. The fourth-order valence-electron chi connectivity index (χ4n) is 2.34. The SMILES string of the molecule is CNc1nccc(-c2ccc(C(=O)Nc3ccc4ncsc4c3)s2)n1. The van der Waals surface area contributed by atoms with Crippen molar-refractivity contribution in [1.82, 2.24) is 15.0 Å². The summed E-state index contributed by atoms with van der Waals surface area (Å²) >= 11 is 2.95. The summed E-state index contributed by atoms with van der Waals surface area (Å²) < 4.78 is 1.05. The lowest BCUT2D eigenvalue weighted by atomic mass is 10.3. The summed E-state index contributed by atoms with van der Waals surface area (Å²) in [7, 11) is 1.77. The smallest absolute Gasteiger partial charge is 0.265 e. The molecule has 0 atom stereocenters. The minimum atomic E-state index is -0.136. The standard InChI is InChI=1S/C17H13N5OS2/c1-18-17-19-7-6-12(22-17)13-4-5-14(25-13)16(23)21-10-2-3-11-15(8-10)24-9-20-11/h2-9H,1H3,(H,21,23)(H,18,19,22). The molecule has 0 aliphatic heterocycles. The van der Waals surface area contributed by atoms with E-state index in [1.807, 2.05) is 36.4 Å². The van der Waals surface area contributed by atoms with E-state index >= 15 is 0 Å². The highest BCUT2D eigenvalue weighted by atomic mass is 32.1. The monoisotopic (exact) mass is 367 g/mol. The fraction of sp³-hybridized carbons (Fsp3) is 0.0588. The van der Waals surface area contributed by atoms with Crippen LogP contribution in [0.5, 0.6) is 0 Å². The van der Waals surface area contributed by atoms with Crippen LogP contribution in [0.25, 0.3) is 20.8 Å². The predicted molar refractivity (Wildman–Crippen MR) is 102 cm³/mol. The van der Waals surface area contributed by atoms with Crippen molar-refractivity contribution in [2.75, 3.05) is 17.7 Å². The Bertz CT molecular complexity index is 1060. The van der Waals surface area contributed by atoms with Crippen LogP contribution >= 0.6 is 22.7 Å². The Kier molecular flexibility index (Phi) is 4.12. The number of anilines is 2. The lowest BCUT2D eigenvalue weighted by Crippen LogP contribution is -2.09. The third-order valence-electron chi connectivity index (χ3n) is 3.55. The number of nitrogens with one attached hydrogen (secondary N) is 2. The van der Waals surface area contributed by atoms with Crippen LogP contribution in [0.15, 0.2) is 48.1 Å². The largest absolute Gasteiger partial charge is 0.357 e. The molecule has 6 nitrogen and oxygen atoms in total. The number of benzene rings is 1. The van der Waals surface area contributed by atoms with Crippen molar-refractivity contribution in [2.45, 2.75) is 0 Å². The molecular formula is C17H13N5OS2. The number of fused-ring (bicyclic) bond motifs is 1. The molecule has 124 valence electrons. The van der Waals surface area contributed by atoms with Crippen molar-refractivity contribution >= 4 is 50.4 Å². The zero-order valence-electron chi connectivity index (χ0n) is 13.2. The molecule has 0 bridgehead atoms. The molecule has 1 amide bonds. The molecule has 4 rings (SSSR count). The summed E-state index contributed by atoms with van der Waals surface area (Å²) in [6.07, 6.45) is 1.69. The second kappa shape index (κ2) is 6.58. The molecule has 0 aliphatic rings. The maximum Gasteiger partial charge on any atom is 0.265 e. The van der Waals surface area contributed by atoms with Gasteiger partial charge in [-0.15, -0.1) is 22.7 Å². The lowest BCUT2D eigenvalue weighted by Gasteiger charge is -2.03. The average molecular weight is 367 g/mol. The molecule has 0 unspecified atom stereocenters. The number of thiazole rings is 1. The third-order valence-corrected chi connectivity index (χ3v) is 5.45. The van der Waals surface area contributed by atoms with Crippen molar-refractivity contribution < 1.29 is 4.79 Å². The van der Waals surface area contributed by atoms with E-state index in [1.54, 1.807) is 30.1 Å². The van der Waals surface area contributed by atoms with Crippen LogP contribution in [0.2, 0.25) is 0 Å². The molecule has 3 heterocycles. The molecule has 4 aromatic rings. The number of carbonyl (C=O) groups is 1. The van der Waals surface area contributed by atoms with Crippen molar-refractivity contribution in [3.05, 3.63) is 53.0 Å². The second-order valence-electron chi connectivity index (χ2n) is 5.17. The summed E-state index contributed by atoms with van der Waals surface area (Å²) in [5.41, 5.74) is 4.28. The first-order valence-electron chi connectivity index (χ1n) is 7.48. The molecule has 0 radical (unpaired) electrons. The number of aromatic nitrogens is 3. The number of thiophene rings is 1. The Labute approximate surface area is 151 Å². The summed E-state index contributed by atoms with van der Waals surface area (Å²) in [5, 5.41) is 5.84. The molecular weight excluding hydrogens is 354 g/mol. The van der Waals surface area contributed by atoms with Gasteiger partial charge in [-0.1, -0.05) is 0 Å². The highest BCUT2D eigenvalue weighted by Gasteiger charge is 2.12. The van der Waals surface area contributed by atoms with Gasteiger partial charge in [0.2, 0.25) is 5.95 Å². The van der Waals surface area contributed by atoms with Gasteiger partial charge >= 0.3 is 0 Å². The molecule has 2 N–H and O–H groups in total. The van der Waals surface area contributed by atoms with E-state index in [0.717, 1.165) is 26.5 Å². The Morgan fingerprint density at radius 2 is 2.04 bits per heavy atom. The highest BCUT2D eigenvalue weighted by molar-refractivity contribution is 7.17. The summed E-state index contributed by atoms with van der Waals surface area (Å²) in [6, 6.07) is 11.2. The number of hydrogen-bond donors (Lipinski definition) is 2. The Balaban J connectivity index is 1.55. The van der Waals surface area contributed by atoms with Gasteiger partial charge in [-0.05, 0) is 36.4 Å². The molecule has 25 heavy (non-hydrogen) atoms. The van der Waals surface area contributed by atoms with Gasteiger partial charge in [0.1, 0.15) is 0 Å². The number of nitrogens with zero attached hydrogens (tertiary/aromatic N) is 3. The topological polar surface area (TPSA) is 79.8 Å². The van der Waals surface area contributed by atoms with E-state index in [1.165, 1.54) is 11.3 Å². The van der Waals surface area contributed by atoms with Crippen molar-refractivity contribution in [2.24, 2.45) is 0 Å². The van der Waals surface area contributed by atoms with E-state index in [9.17, 15) is 4.79 Å². The Morgan fingerprint density at radius 1 is 1.12 bits per heavy atom. The van der Waals surface area contributed by atoms with E-state index in [0.29, 0.717) is 10.8 Å². The van der Waals surface area contributed by atoms with Crippen molar-refractivity contribution in [1.29, 1.82) is 0 Å². The van der Waals surface area contributed by atoms with Gasteiger partial charge in [0, 0.05) is 18.9 Å². The molecule has 0 saturated carbocycles. The van der Waals surface area contributed by atoms with Crippen LogP contribution < -0.4 is 10.6 Å². The number of carbonyl (C=O) groups excluding carboxylic acids is 1. The highest BCUT2D eigenvalue weighted by Crippen LogP contribution is 2.28. The van der Waals surface area contributed by atoms with Crippen LogP contribution in [0.3, 0.4) is 0 Å². The van der Waals surface area contributed by atoms with Gasteiger partial charge in [0.25, 0.3) is 5.91 Å². The number of rotatable bonds is 4. The fourth-order valence-corrected chi connectivity index (χ4v) is 3.93. The van der Waals surface area contributed by atoms with Crippen LogP contribution in [0, 0.1) is 0 Å². The molecule has 8 heteroatoms. The predicted octanol–water partition coefficient (Wildman–Crippen LogP) is 4.11. The minimum absolute atomic E-state index is 0.136. The maximum absolute atomic E-state index is 12.5. The average Bonchev–Trinajstić information content (AvgIpc) is 3.31. The molecule has 0 saturated heterocycles. The zero-order valence-corrected chi connectivity index (χ0v) is 14.8. The zero-order chi connectivity index (χ0) is 17.2. The second-order valence-corrected chi connectivity index (χ2v) is 7.14. The van der Waals surface area contributed by atoms with Crippen LogP contribution in [0.4, 0.5) is 11.6 Å². The molecule has 0 fully saturated rings. The van der Waals surface area contributed by atoms with E-state index in [-0.39, 0.29) is 5.91 Å². The van der Waals surface area contributed by atoms with Crippen molar-refractivity contribution in [3.63, 3.8) is 0 Å². The van der Waals surface area contributed by atoms with Gasteiger partial charge in [0.05, 0.1) is 31.2 Å². The van der Waals surface area contributed by atoms with Gasteiger partial charge < -0.3 is 10.6 Å². The van der Waals surface area contributed by atoms with Crippen LogP contribution in [-0.2, 0) is 0 Å². The van der Waals surface area contributed by atoms with Crippen LogP contribution in [0.1, 0.15) is 9.67 Å². The summed E-state index contributed by atoms with van der Waals surface area (Å²) in [6.45, 7) is 0. The number of amides is 1. The Morgan fingerprint density at radius 3 is 2.92 bits per heavy atom. The molecule has 0 aliphatic carbocycles. The first kappa shape index (κ1) is 15.7. The van der Waals surface area contributed by atoms with E-state index in [4.69, 9.17) is 0 Å². The summed E-state index contributed by atoms with van der Waals surface area (Å²) in [4.78, 5) is 26.8. The van der Waals surface area contributed by atoms with E-state index < -0.39 is 0 Å². The normalized spacial score (nSPS) is 10.8. The lowest BCUT2D eigenvalue weighted by molar-refractivity contribution is 0.103. The molecule has 3 aromatic heterocycles. The first-order valence-corrected chi connectivity index (χ1v) is 9.18. The Hall–Kier alpha value is -2.84. The molecule has 1 aromatic carbocycles. The van der Waals surface area contributed by atoms with Gasteiger partial charge in [-0.2, -0.15) is 0 Å².